The predicted molar refractivity (Wildman–Crippen MR) is 115 cm³/mol. The Morgan fingerprint density at radius 2 is 1.93 bits per heavy atom. The summed E-state index contributed by atoms with van der Waals surface area (Å²) in [6, 6.07) is 14.7. The minimum atomic E-state index is 0.968. The Balaban J connectivity index is 1.15. The minimum Gasteiger partial charge on any atom is -0.495 e. The van der Waals surface area contributed by atoms with E-state index >= 15 is 0 Å². The Labute approximate surface area is 166 Å². The smallest absolute Gasteiger partial charge is 0.142 e. The third kappa shape index (κ3) is 4.39. The van der Waals surface area contributed by atoms with E-state index < -0.39 is 0 Å². The molecule has 0 radical (unpaired) electrons. The van der Waals surface area contributed by atoms with Gasteiger partial charge in [0, 0.05) is 43.8 Å². The fraction of sp³-hybridized carbons (Fsp3) is 0.409. The van der Waals surface area contributed by atoms with Gasteiger partial charge in [-0.05, 0) is 49.7 Å². The lowest BCUT2D eigenvalue weighted by Gasteiger charge is -2.36. The summed E-state index contributed by atoms with van der Waals surface area (Å²) in [5.41, 5.74) is 3.45. The van der Waals surface area contributed by atoms with Gasteiger partial charge >= 0.3 is 0 Å². The van der Waals surface area contributed by atoms with Crippen molar-refractivity contribution in [2.75, 3.05) is 56.6 Å². The zero-order chi connectivity index (χ0) is 19.2. The molecule has 6 nitrogen and oxygen atoms in total. The summed E-state index contributed by atoms with van der Waals surface area (Å²) in [7, 11) is 1.75. The zero-order valence-electron chi connectivity index (χ0n) is 16.5. The monoisotopic (exact) mass is 379 g/mol. The molecule has 3 aromatic rings. The molecule has 2 heterocycles. The molecule has 1 aliphatic heterocycles. The van der Waals surface area contributed by atoms with Crippen molar-refractivity contribution < 1.29 is 4.74 Å². The quantitative estimate of drug-likeness (QED) is 0.586. The molecule has 0 amide bonds. The van der Waals surface area contributed by atoms with Crippen LogP contribution in [0.25, 0.3) is 10.9 Å². The fourth-order valence-corrected chi connectivity index (χ4v) is 3.84. The summed E-state index contributed by atoms with van der Waals surface area (Å²) in [5.74, 6) is 0.968. The van der Waals surface area contributed by atoms with E-state index in [1.807, 2.05) is 18.3 Å². The summed E-state index contributed by atoms with van der Waals surface area (Å²) in [6.45, 7) is 6.51. The molecule has 1 fully saturated rings. The predicted octanol–water partition coefficient (Wildman–Crippen LogP) is 3.59. The normalized spacial score (nSPS) is 15.1. The number of rotatable bonds is 8. The first-order valence-electron chi connectivity index (χ1n) is 10.1. The lowest BCUT2D eigenvalue weighted by atomic mass is 10.2. The standard InChI is InChI=1S/C22H29N5O/c1-28-22-7-3-2-6-21(22)27-14-12-26(13-15-27)11-5-4-10-23-19-9-8-18-17-24-25-20(18)16-19/h2-3,6-9,16-17,23H,4-5,10-15H2,1H3,(H,24,25). The van der Waals surface area contributed by atoms with Crippen molar-refractivity contribution in [3.63, 3.8) is 0 Å². The van der Waals surface area contributed by atoms with E-state index in [9.17, 15) is 0 Å². The molecular weight excluding hydrogens is 350 g/mol. The number of hydrogen-bond acceptors (Lipinski definition) is 5. The molecule has 6 heteroatoms. The van der Waals surface area contributed by atoms with Gasteiger partial charge < -0.3 is 15.0 Å². The van der Waals surface area contributed by atoms with Gasteiger partial charge in [0.1, 0.15) is 5.75 Å². The molecule has 0 bridgehead atoms. The SMILES string of the molecule is COc1ccccc1N1CCN(CCCCNc2ccc3cn[nH]c3c2)CC1. The molecule has 28 heavy (non-hydrogen) atoms. The van der Waals surface area contributed by atoms with Crippen molar-refractivity contribution in [2.24, 2.45) is 0 Å². The minimum absolute atomic E-state index is 0.968. The largest absolute Gasteiger partial charge is 0.495 e. The van der Waals surface area contributed by atoms with E-state index in [0.29, 0.717) is 0 Å². The van der Waals surface area contributed by atoms with Crippen molar-refractivity contribution in [1.82, 2.24) is 15.1 Å². The highest BCUT2D eigenvalue weighted by Gasteiger charge is 2.18. The van der Waals surface area contributed by atoms with Gasteiger partial charge in [-0.2, -0.15) is 5.10 Å². The van der Waals surface area contributed by atoms with Crippen molar-refractivity contribution in [3.8, 4) is 5.75 Å². The van der Waals surface area contributed by atoms with Gasteiger partial charge in [0.2, 0.25) is 0 Å². The van der Waals surface area contributed by atoms with Crippen molar-refractivity contribution in [2.45, 2.75) is 12.8 Å². The van der Waals surface area contributed by atoms with Gasteiger partial charge in [-0.1, -0.05) is 12.1 Å². The van der Waals surface area contributed by atoms with Crippen molar-refractivity contribution in [3.05, 3.63) is 48.7 Å². The van der Waals surface area contributed by atoms with E-state index in [2.05, 4.69) is 55.6 Å². The molecular formula is C22H29N5O. The summed E-state index contributed by atoms with van der Waals surface area (Å²) in [6.07, 6.45) is 4.24. The fourth-order valence-electron chi connectivity index (χ4n) is 3.84. The molecule has 0 unspecified atom stereocenters. The number of anilines is 2. The van der Waals surface area contributed by atoms with Crippen LogP contribution in [0, 0.1) is 0 Å². The molecule has 0 spiro atoms. The number of piperazine rings is 1. The maximum Gasteiger partial charge on any atom is 0.142 e. The Morgan fingerprint density at radius 1 is 1.07 bits per heavy atom. The van der Waals surface area contributed by atoms with E-state index in [-0.39, 0.29) is 0 Å². The van der Waals surface area contributed by atoms with Crippen LogP contribution in [0.1, 0.15) is 12.8 Å². The molecule has 0 saturated carbocycles. The summed E-state index contributed by atoms with van der Waals surface area (Å²) < 4.78 is 5.51. The van der Waals surface area contributed by atoms with Crippen LogP contribution in [-0.2, 0) is 0 Å². The van der Waals surface area contributed by atoms with Crippen LogP contribution in [0.4, 0.5) is 11.4 Å². The van der Waals surface area contributed by atoms with Crippen LogP contribution < -0.4 is 15.0 Å². The maximum atomic E-state index is 5.51. The van der Waals surface area contributed by atoms with Crippen molar-refractivity contribution in [1.29, 1.82) is 0 Å². The molecule has 2 aromatic carbocycles. The molecule has 2 N–H and O–H groups in total. The Hall–Kier alpha value is -2.73. The summed E-state index contributed by atoms with van der Waals surface area (Å²) >= 11 is 0. The highest BCUT2D eigenvalue weighted by Crippen LogP contribution is 2.28. The highest BCUT2D eigenvalue weighted by molar-refractivity contribution is 5.81. The molecule has 0 atom stereocenters. The van der Waals surface area contributed by atoms with E-state index in [1.54, 1.807) is 7.11 Å². The molecule has 148 valence electrons. The van der Waals surface area contributed by atoms with Crippen LogP contribution >= 0.6 is 0 Å². The first-order valence-corrected chi connectivity index (χ1v) is 10.1. The second-order valence-electron chi connectivity index (χ2n) is 7.31. The lowest BCUT2D eigenvalue weighted by molar-refractivity contribution is 0.253. The summed E-state index contributed by atoms with van der Waals surface area (Å²) in [4.78, 5) is 5.01. The van der Waals surface area contributed by atoms with Crippen LogP contribution in [-0.4, -0.2) is 61.5 Å². The van der Waals surface area contributed by atoms with E-state index in [1.165, 1.54) is 25.1 Å². The number of para-hydroxylation sites is 2. The third-order valence-corrected chi connectivity index (χ3v) is 5.47. The topological polar surface area (TPSA) is 56.4 Å². The third-order valence-electron chi connectivity index (χ3n) is 5.47. The average Bonchev–Trinajstić information content (AvgIpc) is 3.22. The van der Waals surface area contributed by atoms with Crippen LogP contribution in [0.15, 0.2) is 48.7 Å². The maximum absolute atomic E-state index is 5.51. The Kier molecular flexibility index (Phi) is 5.97. The Morgan fingerprint density at radius 3 is 2.79 bits per heavy atom. The number of hydrogen-bond donors (Lipinski definition) is 2. The molecule has 1 saturated heterocycles. The number of nitrogens with zero attached hydrogens (tertiary/aromatic N) is 3. The number of H-pyrrole nitrogens is 1. The molecule has 1 aliphatic rings. The number of fused-ring (bicyclic) bond motifs is 1. The number of unbranched alkanes of at least 4 members (excludes halogenated alkanes) is 1. The lowest BCUT2D eigenvalue weighted by Crippen LogP contribution is -2.46. The number of aromatic amines is 1. The van der Waals surface area contributed by atoms with Crippen LogP contribution in [0.5, 0.6) is 5.75 Å². The van der Waals surface area contributed by atoms with Gasteiger partial charge in [-0.3, -0.25) is 10.00 Å². The molecule has 1 aromatic heterocycles. The highest BCUT2D eigenvalue weighted by atomic mass is 16.5. The molecule has 0 aliphatic carbocycles. The second kappa shape index (κ2) is 8.97. The van der Waals surface area contributed by atoms with Crippen LogP contribution in [0.3, 0.4) is 0 Å². The summed E-state index contributed by atoms with van der Waals surface area (Å²) in [5, 5.41) is 11.8. The second-order valence-corrected chi connectivity index (χ2v) is 7.31. The number of nitrogens with one attached hydrogen (secondary N) is 2. The number of benzene rings is 2. The van der Waals surface area contributed by atoms with E-state index in [4.69, 9.17) is 4.74 Å². The number of ether oxygens (including phenoxy) is 1. The van der Waals surface area contributed by atoms with Crippen LogP contribution in [0.2, 0.25) is 0 Å². The molecule has 4 rings (SSSR count). The average molecular weight is 380 g/mol. The van der Waals surface area contributed by atoms with Gasteiger partial charge in [-0.25, -0.2) is 0 Å². The Bertz CT molecular complexity index is 885. The van der Waals surface area contributed by atoms with E-state index in [0.717, 1.165) is 55.1 Å². The zero-order valence-corrected chi connectivity index (χ0v) is 16.5. The number of aromatic nitrogens is 2. The van der Waals surface area contributed by atoms with Crippen molar-refractivity contribution >= 4 is 22.3 Å². The van der Waals surface area contributed by atoms with Gasteiger partial charge in [0.05, 0.1) is 24.5 Å². The first-order chi connectivity index (χ1) is 13.8. The van der Waals surface area contributed by atoms with Gasteiger partial charge in [0.25, 0.3) is 0 Å². The first kappa shape index (κ1) is 18.6. The number of methoxy groups -OCH3 is 1. The van der Waals surface area contributed by atoms with Gasteiger partial charge in [0.15, 0.2) is 0 Å². The van der Waals surface area contributed by atoms with Gasteiger partial charge in [-0.15, -0.1) is 0 Å².